The SMILES string of the molecule is CC(=O)NCCCCCC(=O)NCCc1nccn1Cc1ccccc1. The van der Waals surface area contributed by atoms with E-state index in [4.69, 9.17) is 0 Å². The molecule has 1 heterocycles. The normalized spacial score (nSPS) is 10.5. The molecule has 0 bridgehead atoms. The van der Waals surface area contributed by atoms with Gasteiger partial charge in [0.25, 0.3) is 0 Å². The Morgan fingerprint density at radius 3 is 2.62 bits per heavy atom. The molecule has 0 aliphatic heterocycles. The Bertz CT molecular complexity index is 682. The zero-order valence-corrected chi connectivity index (χ0v) is 15.4. The van der Waals surface area contributed by atoms with Crippen LogP contribution >= 0.6 is 0 Å². The van der Waals surface area contributed by atoms with Crippen LogP contribution in [0.15, 0.2) is 42.7 Å². The van der Waals surface area contributed by atoms with Crippen molar-refractivity contribution in [2.24, 2.45) is 0 Å². The smallest absolute Gasteiger partial charge is 0.220 e. The van der Waals surface area contributed by atoms with Gasteiger partial charge in [0.05, 0.1) is 0 Å². The molecule has 1 aromatic carbocycles. The Balaban J connectivity index is 1.61. The average Bonchev–Trinajstić information content (AvgIpc) is 3.05. The van der Waals surface area contributed by atoms with Gasteiger partial charge < -0.3 is 15.2 Å². The summed E-state index contributed by atoms with van der Waals surface area (Å²) in [4.78, 5) is 27.0. The monoisotopic (exact) mass is 356 g/mol. The van der Waals surface area contributed by atoms with E-state index in [1.54, 1.807) is 6.20 Å². The lowest BCUT2D eigenvalue weighted by molar-refractivity contribution is -0.121. The van der Waals surface area contributed by atoms with Gasteiger partial charge >= 0.3 is 0 Å². The van der Waals surface area contributed by atoms with Crippen molar-refractivity contribution in [1.29, 1.82) is 0 Å². The van der Waals surface area contributed by atoms with Gasteiger partial charge in [-0.25, -0.2) is 4.98 Å². The summed E-state index contributed by atoms with van der Waals surface area (Å²) in [5.41, 5.74) is 1.23. The van der Waals surface area contributed by atoms with E-state index in [0.29, 0.717) is 25.9 Å². The Kier molecular flexibility index (Phi) is 8.39. The van der Waals surface area contributed by atoms with Crippen LogP contribution in [0.4, 0.5) is 0 Å². The molecule has 140 valence electrons. The van der Waals surface area contributed by atoms with Gasteiger partial charge in [-0.05, 0) is 18.4 Å². The second-order valence-electron chi connectivity index (χ2n) is 6.35. The van der Waals surface area contributed by atoms with E-state index in [1.807, 2.05) is 24.4 Å². The van der Waals surface area contributed by atoms with Crippen LogP contribution in [0.5, 0.6) is 0 Å². The number of nitrogens with one attached hydrogen (secondary N) is 2. The topological polar surface area (TPSA) is 76.0 Å². The van der Waals surface area contributed by atoms with Crippen molar-refractivity contribution >= 4 is 11.8 Å². The fourth-order valence-electron chi connectivity index (χ4n) is 2.75. The van der Waals surface area contributed by atoms with Gasteiger partial charge in [-0.3, -0.25) is 9.59 Å². The first-order chi connectivity index (χ1) is 12.6. The van der Waals surface area contributed by atoms with Crippen LogP contribution in [0.25, 0.3) is 0 Å². The fraction of sp³-hybridized carbons (Fsp3) is 0.450. The first-order valence-electron chi connectivity index (χ1n) is 9.20. The van der Waals surface area contributed by atoms with Crippen molar-refractivity contribution in [3.05, 3.63) is 54.1 Å². The van der Waals surface area contributed by atoms with Crippen molar-refractivity contribution in [2.75, 3.05) is 13.1 Å². The molecule has 0 saturated carbocycles. The third-order valence-corrected chi connectivity index (χ3v) is 4.12. The Hall–Kier alpha value is -2.63. The quantitative estimate of drug-likeness (QED) is 0.607. The van der Waals surface area contributed by atoms with E-state index in [0.717, 1.165) is 31.6 Å². The van der Waals surface area contributed by atoms with E-state index in [2.05, 4.69) is 32.3 Å². The summed E-state index contributed by atoms with van der Waals surface area (Å²) in [6.07, 6.45) is 7.70. The van der Waals surface area contributed by atoms with Crippen LogP contribution in [0.2, 0.25) is 0 Å². The molecular formula is C20H28N4O2. The minimum atomic E-state index is -0.00614. The van der Waals surface area contributed by atoms with Gasteiger partial charge in [0.2, 0.25) is 11.8 Å². The van der Waals surface area contributed by atoms with Crippen molar-refractivity contribution < 1.29 is 9.59 Å². The number of hydrogen-bond donors (Lipinski definition) is 2. The minimum absolute atomic E-state index is 0.00614. The van der Waals surface area contributed by atoms with Gasteiger partial charge in [0.1, 0.15) is 5.82 Å². The molecule has 0 fully saturated rings. The lowest BCUT2D eigenvalue weighted by Crippen LogP contribution is -2.26. The molecule has 0 aliphatic rings. The first kappa shape index (κ1) is 19.7. The first-order valence-corrected chi connectivity index (χ1v) is 9.20. The Morgan fingerprint density at radius 1 is 1.04 bits per heavy atom. The molecule has 2 amide bonds. The van der Waals surface area contributed by atoms with E-state index < -0.39 is 0 Å². The number of hydrogen-bond acceptors (Lipinski definition) is 3. The average molecular weight is 356 g/mol. The van der Waals surface area contributed by atoms with Crippen LogP contribution in [-0.2, 0) is 22.6 Å². The minimum Gasteiger partial charge on any atom is -0.356 e. The molecule has 2 aromatic rings. The van der Waals surface area contributed by atoms with Gasteiger partial charge in [-0.1, -0.05) is 36.8 Å². The van der Waals surface area contributed by atoms with Gasteiger partial charge in [0.15, 0.2) is 0 Å². The molecule has 6 heteroatoms. The molecule has 0 saturated heterocycles. The third-order valence-electron chi connectivity index (χ3n) is 4.12. The zero-order chi connectivity index (χ0) is 18.6. The molecule has 2 N–H and O–H groups in total. The number of amides is 2. The summed E-state index contributed by atoms with van der Waals surface area (Å²) in [7, 11) is 0. The highest BCUT2D eigenvalue weighted by Crippen LogP contribution is 2.06. The molecule has 2 rings (SSSR count). The maximum absolute atomic E-state index is 11.9. The van der Waals surface area contributed by atoms with E-state index in [-0.39, 0.29) is 11.8 Å². The standard InChI is InChI=1S/C20H28N4O2/c1-17(25)21-12-7-3-6-10-20(26)23-13-11-19-22-14-15-24(19)16-18-8-4-2-5-9-18/h2,4-5,8-9,14-15H,3,6-7,10-13,16H2,1H3,(H,21,25)(H,23,26). The number of unbranched alkanes of at least 4 members (excludes halogenated alkanes) is 2. The lowest BCUT2D eigenvalue weighted by atomic mass is 10.2. The highest BCUT2D eigenvalue weighted by atomic mass is 16.2. The molecule has 0 unspecified atom stereocenters. The predicted molar refractivity (Wildman–Crippen MR) is 102 cm³/mol. The summed E-state index contributed by atoms with van der Waals surface area (Å²) in [6.45, 7) is 3.58. The largest absolute Gasteiger partial charge is 0.356 e. The lowest BCUT2D eigenvalue weighted by Gasteiger charge is -2.09. The van der Waals surface area contributed by atoms with Crippen LogP contribution in [0.1, 0.15) is 44.0 Å². The van der Waals surface area contributed by atoms with Crippen LogP contribution in [-0.4, -0.2) is 34.5 Å². The molecule has 1 aromatic heterocycles. The van der Waals surface area contributed by atoms with Gasteiger partial charge in [0, 0.05) is 51.8 Å². The molecule has 0 atom stereocenters. The Morgan fingerprint density at radius 2 is 1.85 bits per heavy atom. The van der Waals surface area contributed by atoms with Crippen LogP contribution in [0, 0.1) is 0 Å². The fourth-order valence-corrected chi connectivity index (χ4v) is 2.75. The highest BCUT2D eigenvalue weighted by molar-refractivity contribution is 5.75. The number of imidazole rings is 1. The third kappa shape index (κ3) is 7.51. The highest BCUT2D eigenvalue weighted by Gasteiger charge is 2.05. The number of carbonyl (C=O) groups is 2. The molecule has 0 aliphatic carbocycles. The second kappa shape index (κ2) is 11.1. The van der Waals surface area contributed by atoms with E-state index in [9.17, 15) is 9.59 Å². The van der Waals surface area contributed by atoms with Crippen LogP contribution < -0.4 is 10.6 Å². The number of rotatable bonds is 11. The molecule has 6 nitrogen and oxygen atoms in total. The number of aromatic nitrogens is 2. The van der Waals surface area contributed by atoms with E-state index >= 15 is 0 Å². The van der Waals surface area contributed by atoms with Crippen molar-refractivity contribution in [3.63, 3.8) is 0 Å². The molecule has 0 radical (unpaired) electrons. The summed E-state index contributed by atoms with van der Waals surface area (Å²) >= 11 is 0. The number of benzene rings is 1. The Labute approximate surface area is 155 Å². The molecular weight excluding hydrogens is 328 g/mol. The number of carbonyl (C=O) groups excluding carboxylic acids is 2. The predicted octanol–water partition coefficient (Wildman–Crippen LogP) is 2.29. The van der Waals surface area contributed by atoms with Gasteiger partial charge in [-0.2, -0.15) is 0 Å². The summed E-state index contributed by atoms with van der Waals surface area (Å²) in [6, 6.07) is 10.3. The van der Waals surface area contributed by atoms with Crippen molar-refractivity contribution in [2.45, 2.75) is 45.6 Å². The van der Waals surface area contributed by atoms with Crippen LogP contribution in [0.3, 0.4) is 0 Å². The molecule has 26 heavy (non-hydrogen) atoms. The maximum atomic E-state index is 11.9. The van der Waals surface area contributed by atoms with E-state index in [1.165, 1.54) is 12.5 Å². The van der Waals surface area contributed by atoms with Crippen molar-refractivity contribution in [3.8, 4) is 0 Å². The summed E-state index contributed by atoms with van der Waals surface area (Å²) < 4.78 is 2.11. The number of nitrogens with zero attached hydrogens (tertiary/aromatic N) is 2. The second-order valence-corrected chi connectivity index (χ2v) is 6.35. The van der Waals surface area contributed by atoms with Crippen molar-refractivity contribution in [1.82, 2.24) is 20.2 Å². The molecule has 0 spiro atoms. The summed E-state index contributed by atoms with van der Waals surface area (Å²) in [5.74, 6) is 1.04. The van der Waals surface area contributed by atoms with Gasteiger partial charge in [-0.15, -0.1) is 0 Å². The maximum Gasteiger partial charge on any atom is 0.220 e. The zero-order valence-electron chi connectivity index (χ0n) is 15.4. The summed E-state index contributed by atoms with van der Waals surface area (Å²) in [5, 5.41) is 5.72.